The normalized spacial score (nSPS) is 23.2. The molecular weight excluding hydrogens is 220 g/mol. The second-order valence-electron chi connectivity index (χ2n) is 4.17. The van der Waals surface area contributed by atoms with Crippen LogP contribution in [-0.4, -0.2) is 27.7 Å². The fourth-order valence-electron chi connectivity index (χ4n) is 1.56. The van der Waals surface area contributed by atoms with Crippen molar-refractivity contribution in [2.24, 2.45) is 17.6 Å². The number of hydrogen-bond donors (Lipinski definition) is 3. The summed E-state index contributed by atoms with van der Waals surface area (Å²) < 4.78 is 0. The van der Waals surface area contributed by atoms with Gasteiger partial charge in [-0.3, -0.25) is 9.78 Å². The number of aliphatic carboxylic acids is 1. The molecule has 0 amide bonds. The van der Waals surface area contributed by atoms with Gasteiger partial charge in [0, 0.05) is 6.20 Å². The summed E-state index contributed by atoms with van der Waals surface area (Å²) in [6.07, 6.45) is 2.52. The Morgan fingerprint density at radius 3 is 2.59 bits per heavy atom. The number of carboxylic acids is 1. The number of carboxylic acid groups (broad SMARTS) is 1. The van der Waals surface area contributed by atoms with Crippen LogP contribution in [0.4, 0.5) is 0 Å². The summed E-state index contributed by atoms with van der Waals surface area (Å²) in [5, 5.41) is 17.4. The van der Waals surface area contributed by atoms with Gasteiger partial charge in [0.05, 0.1) is 18.3 Å². The van der Waals surface area contributed by atoms with Crippen molar-refractivity contribution < 1.29 is 15.0 Å². The zero-order valence-corrected chi connectivity index (χ0v) is 9.78. The molecule has 0 spiro atoms. The summed E-state index contributed by atoms with van der Waals surface area (Å²) in [7, 11) is 0. The number of nitrogens with zero attached hydrogens (tertiary/aromatic N) is 1. The lowest BCUT2D eigenvalue weighted by atomic mass is 10.1. The highest BCUT2D eigenvalue weighted by Gasteiger charge is 2.39. The fourth-order valence-corrected chi connectivity index (χ4v) is 1.56. The Labute approximate surface area is 100 Å². The molecule has 2 rings (SSSR count). The predicted octanol–water partition coefficient (Wildman–Crippen LogP) is 0.801. The van der Waals surface area contributed by atoms with Crippen LogP contribution in [0.25, 0.3) is 0 Å². The first kappa shape index (κ1) is 13.6. The first-order valence-corrected chi connectivity index (χ1v) is 5.57. The van der Waals surface area contributed by atoms with Crippen molar-refractivity contribution in [2.45, 2.75) is 19.4 Å². The average molecular weight is 238 g/mol. The average Bonchev–Trinajstić information content (AvgIpc) is 3.07. The van der Waals surface area contributed by atoms with Crippen LogP contribution in [0, 0.1) is 11.8 Å². The van der Waals surface area contributed by atoms with Gasteiger partial charge in [-0.2, -0.15) is 0 Å². The molecule has 3 unspecified atom stereocenters. The number of pyridine rings is 1. The molecule has 94 valence electrons. The van der Waals surface area contributed by atoms with Crippen molar-refractivity contribution in [3.8, 4) is 0 Å². The van der Waals surface area contributed by atoms with Crippen molar-refractivity contribution in [1.82, 2.24) is 4.98 Å². The van der Waals surface area contributed by atoms with Gasteiger partial charge in [0.15, 0.2) is 0 Å². The first-order chi connectivity index (χ1) is 8.06. The molecule has 0 saturated heterocycles. The van der Waals surface area contributed by atoms with Gasteiger partial charge >= 0.3 is 5.97 Å². The maximum absolute atomic E-state index is 9.77. The highest BCUT2D eigenvalue weighted by molar-refractivity contribution is 5.68. The van der Waals surface area contributed by atoms with E-state index in [0.29, 0.717) is 11.8 Å². The third-order valence-electron chi connectivity index (χ3n) is 2.74. The van der Waals surface area contributed by atoms with Gasteiger partial charge in [-0.15, -0.1) is 0 Å². The van der Waals surface area contributed by atoms with Gasteiger partial charge in [0.2, 0.25) is 0 Å². The van der Waals surface area contributed by atoms with Gasteiger partial charge in [-0.05, 0) is 30.4 Å². The van der Waals surface area contributed by atoms with Crippen LogP contribution < -0.4 is 5.73 Å². The molecule has 5 heteroatoms. The number of hydrogen-bond acceptors (Lipinski definition) is 4. The van der Waals surface area contributed by atoms with E-state index in [1.54, 1.807) is 6.20 Å². The van der Waals surface area contributed by atoms with E-state index < -0.39 is 5.97 Å². The summed E-state index contributed by atoms with van der Waals surface area (Å²) >= 11 is 0. The van der Waals surface area contributed by atoms with Crippen molar-refractivity contribution >= 4 is 5.97 Å². The highest BCUT2D eigenvalue weighted by atomic mass is 16.4. The fraction of sp³-hybridized carbons (Fsp3) is 0.500. The highest BCUT2D eigenvalue weighted by Crippen LogP contribution is 2.46. The van der Waals surface area contributed by atoms with Crippen molar-refractivity contribution in [1.29, 1.82) is 0 Å². The summed E-state index contributed by atoms with van der Waals surface area (Å²) in [4.78, 5) is 13.4. The Morgan fingerprint density at radius 1 is 1.65 bits per heavy atom. The SMILES string of the molecule is CC1CC1C(O)c1ccccn1.NCC(=O)O. The summed E-state index contributed by atoms with van der Waals surface area (Å²) in [5.74, 6) is 0.145. The molecule has 0 aromatic carbocycles. The smallest absolute Gasteiger partial charge is 0.317 e. The Hall–Kier alpha value is -1.46. The van der Waals surface area contributed by atoms with E-state index in [-0.39, 0.29) is 12.6 Å². The Morgan fingerprint density at radius 2 is 2.24 bits per heavy atom. The molecule has 1 aromatic rings. The second kappa shape index (κ2) is 6.32. The number of aromatic nitrogens is 1. The van der Waals surface area contributed by atoms with E-state index in [1.165, 1.54) is 0 Å². The molecule has 1 fully saturated rings. The molecule has 1 heterocycles. The molecule has 0 bridgehead atoms. The maximum atomic E-state index is 9.77. The number of nitrogens with two attached hydrogens (primary N) is 1. The van der Waals surface area contributed by atoms with Gasteiger partial charge in [-0.1, -0.05) is 13.0 Å². The minimum Gasteiger partial charge on any atom is -0.480 e. The van der Waals surface area contributed by atoms with Crippen molar-refractivity contribution in [2.75, 3.05) is 6.54 Å². The number of aliphatic hydroxyl groups is 1. The van der Waals surface area contributed by atoms with E-state index in [2.05, 4.69) is 17.6 Å². The van der Waals surface area contributed by atoms with Crippen molar-refractivity contribution in [3.05, 3.63) is 30.1 Å². The molecule has 1 saturated carbocycles. The van der Waals surface area contributed by atoms with E-state index in [0.717, 1.165) is 12.1 Å². The van der Waals surface area contributed by atoms with Crippen LogP contribution >= 0.6 is 0 Å². The molecule has 1 aliphatic rings. The summed E-state index contributed by atoms with van der Waals surface area (Å²) in [5.41, 5.74) is 5.38. The molecule has 0 radical (unpaired) electrons. The molecule has 17 heavy (non-hydrogen) atoms. The van der Waals surface area contributed by atoms with Crippen LogP contribution in [0.15, 0.2) is 24.4 Å². The van der Waals surface area contributed by atoms with E-state index in [1.807, 2.05) is 18.2 Å². The van der Waals surface area contributed by atoms with Crippen LogP contribution in [0.1, 0.15) is 25.1 Å². The molecule has 0 aliphatic heterocycles. The maximum Gasteiger partial charge on any atom is 0.317 e. The van der Waals surface area contributed by atoms with Crippen LogP contribution in [-0.2, 0) is 4.79 Å². The molecule has 5 nitrogen and oxygen atoms in total. The Balaban J connectivity index is 0.000000249. The Bertz CT molecular complexity index is 356. The third-order valence-corrected chi connectivity index (χ3v) is 2.74. The van der Waals surface area contributed by atoms with Crippen LogP contribution in [0.3, 0.4) is 0 Å². The number of aliphatic hydroxyl groups excluding tert-OH is 1. The zero-order valence-electron chi connectivity index (χ0n) is 9.78. The van der Waals surface area contributed by atoms with Crippen LogP contribution in [0.2, 0.25) is 0 Å². The number of rotatable bonds is 3. The lowest BCUT2D eigenvalue weighted by molar-refractivity contribution is -0.135. The topological polar surface area (TPSA) is 96.4 Å². The largest absolute Gasteiger partial charge is 0.480 e. The Kier molecular flexibility index (Phi) is 5.06. The van der Waals surface area contributed by atoms with Gasteiger partial charge in [0.25, 0.3) is 0 Å². The summed E-state index contributed by atoms with van der Waals surface area (Å²) in [6.45, 7) is 1.89. The van der Waals surface area contributed by atoms with Crippen LogP contribution in [0.5, 0.6) is 0 Å². The van der Waals surface area contributed by atoms with E-state index in [4.69, 9.17) is 5.11 Å². The van der Waals surface area contributed by atoms with Gasteiger partial charge < -0.3 is 15.9 Å². The van der Waals surface area contributed by atoms with E-state index >= 15 is 0 Å². The lowest BCUT2D eigenvalue weighted by Gasteiger charge is -2.07. The minimum atomic E-state index is -0.968. The second-order valence-corrected chi connectivity index (χ2v) is 4.17. The van der Waals surface area contributed by atoms with Crippen molar-refractivity contribution in [3.63, 3.8) is 0 Å². The minimum absolute atomic E-state index is 0.278. The monoisotopic (exact) mass is 238 g/mol. The summed E-state index contributed by atoms with van der Waals surface area (Å²) in [6, 6.07) is 5.67. The van der Waals surface area contributed by atoms with E-state index in [9.17, 15) is 9.90 Å². The lowest BCUT2D eigenvalue weighted by Crippen LogP contribution is -2.10. The quantitative estimate of drug-likeness (QED) is 0.723. The van der Waals surface area contributed by atoms with Gasteiger partial charge in [0.1, 0.15) is 0 Å². The first-order valence-electron chi connectivity index (χ1n) is 5.57. The predicted molar refractivity (Wildman–Crippen MR) is 63.2 cm³/mol. The third kappa shape index (κ3) is 4.50. The van der Waals surface area contributed by atoms with Gasteiger partial charge in [-0.25, -0.2) is 0 Å². The molecule has 3 atom stereocenters. The standard InChI is InChI=1S/C10H13NO.C2H5NO2/c1-7-6-8(7)10(12)9-4-2-3-5-11-9;3-1-2(4)5/h2-5,7-8,10,12H,6H2,1H3;1,3H2,(H,4,5). The zero-order chi connectivity index (χ0) is 12.8. The molecular formula is C12H18N2O3. The molecule has 1 aliphatic carbocycles. The molecule has 1 aromatic heterocycles. The number of carbonyl (C=O) groups is 1. The molecule has 4 N–H and O–H groups in total.